The van der Waals surface area contributed by atoms with Crippen LogP contribution in [-0.2, 0) is 14.8 Å². The topological polar surface area (TPSA) is 70.7 Å². The van der Waals surface area contributed by atoms with E-state index in [1.54, 1.807) is 13.8 Å². The minimum atomic E-state index is -3.17. The number of hydrogen-bond donors (Lipinski definition) is 2. The number of aryl methyl sites for hydroxylation is 1. The van der Waals surface area contributed by atoms with Crippen molar-refractivity contribution in [1.29, 1.82) is 0 Å². The molecular formula is C23H39N3O3S. The predicted molar refractivity (Wildman–Crippen MR) is 125 cm³/mol. The molecule has 1 aliphatic heterocycles. The van der Waals surface area contributed by atoms with Gasteiger partial charge >= 0.3 is 0 Å². The zero-order valence-electron chi connectivity index (χ0n) is 19.1. The number of benzene rings is 1. The van der Waals surface area contributed by atoms with Crippen LogP contribution in [0.25, 0.3) is 0 Å². The van der Waals surface area contributed by atoms with Crippen molar-refractivity contribution in [3.8, 4) is 0 Å². The van der Waals surface area contributed by atoms with Gasteiger partial charge in [-0.2, -0.15) is 0 Å². The van der Waals surface area contributed by atoms with Crippen molar-refractivity contribution < 1.29 is 13.2 Å². The second-order valence-corrected chi connectivity index (χ2v) is 11.7. The molecule has 2 atom stereocenters. The van der Waals surface area contributed by atoms with Gasteiger partial charge in [0.15, 0.2) is 0 Å². The van der Waals surface area contributed by atoms with Gasteiger partial charge in [0.2, 0.25) is 10.0 Å². The van der Waals surface area contributed by atoms with E-state index in [0.717, 1.165) is 51.0 Å². The second kappa shape index (κ2) is 9.88. The highest BCUT2D eigenvalue weighted by Gasteiger charge is 2.26. The smallest absolute Gasteiger partial charge is 0.214 e. The lowest BCUT2D eigenvalue weighted by molar-refractivity contribution is -0.00524. The molecule has 1 aromatic rings. The summed E-state index contributed by atoms with van der Waals surface area (Å²) < 4.78 is 32.9. The SMILES string of the molecule is Cc1cc(NCC2CCC(NS(=O)(=O)C(C)C)CC2)ccc1N1C[C@@H](C)O[C@@H](C)C1. The molecule has 0 radical (unpaired) electrons. The summed E-state index contributed by atoms with van der Waals surface area (Å²) in [5.41, 5.74) is 3.74. The molecule has 0 spiro atoms. The molecule has 2 fully saturated rings. The maximum absolute atomic E-state index is 12.1. The van der Waals surface area contributed by atoms with Gasteiger partial charge in [-0.25, -0.2) is 13.1 Å². The molecule has 0 unspecified atom stereocenters. The van der Waals surface area contributed by atoms with Gasteiger partial charge in [-0.1, -0.05) is 0 Å². The number of sulfonamides is 1. The van der Waals surface area contributed by atoms with Crippen molar-refractivity contribution in [3.63, 3.8) is 0 Å². The predicted octanol–water partition coefficient (Wildman–Crippen LogP) is 3.91. The first-order valence-corrected chi connectivity index (χ1v) is 12.9. The molecule has 1 aliphatic carbocycles. The van der Waals surface area contributed by atoms with Crippen molar-refractivity contribution in [2.24, 2.45) is 5.92 Å². The Labute approximate surface area is 182 Å². The number of nitrogens with one attached hydrogen (secondary N) is 2. The van der Waals surface area contributed by atoms with Crippen LogP contribution in [0.15, 0.2) is 18.2 Å². The first-order valence-electron chi connectivity index (χ1n) is 11.4. The van der Waals surface area contributed by atoms with Crippen LogP contribution >= 0.6 is 0 Å². The van der Waals surface area contributed by atoms with Crippen molar-refractivity contribution in [3.05, 3.63) is 23.8 Å². The van der Waals surface area contributed by atoms with Crippen LogP contribution in [-0.4, -0.2) is 51.6 Å². The van der Waals surface area contributed by atoms with Crippen LogP contribution in [0.4, 0.5) is 11.4 Å². The lowest BCUT2D eigenvalue weighted by atomic mass is 9.86. The van der Waals surface area contributed by atoms with E-state index in [9.17, 15) is 8.42 Å². The summed E-state index contributed by atoms with van der Waals surface area (Å²) >= 11 is 0. The monoisotopic (exact) mass is 437 g/mol. The minimum absolute atomic E-state index is 0.0912. The average molecular weight is 438 g/mol. The van der Waals surface area contributed by atoms with E-state index in [-0.39, 0.29) is 23.5 Å². The number of nitrogens with zero attached hydrogens (tertiary/aromatic N) is 1. The van der Waals surface area contributed by atoms with E-state index in [2.05, 4.69) is 53.9 Å². The van der Waals surface area contributed by atoms with Gasteiger partial charge in [0, 0.05) is 37.1 Å². The molecule has 2 aliphatic rings. The van der Waals surface area contributed by atoms with Crippen LogP contribution in [0.2, 0.25) is 0 Å². The fourth-order valence-electron chi connectivity index (χ4n) is 4.61. The number of ether oxygens (including phenoxy) is 1. The van der Waals surface area contributed by atoms with Crippen LogP contribution in [0.1, 0.15) is 58.9 Å². The lowest BCUT2D eigenvalue weighted by Gasteiger charge is -2.37. The molecule has 1 saturated heterocycles. The largest absolute Gasteiger partial charge is 0.385 e. The first-order chi connectivity index (χ1) is 14.1. The van der Waals surface area contributed by atoms with Crippen LogP contribution < -0.4 is 14.9 Å². The Morgan fingerprint density at radius 1 is 1.10 bits per heavy atom. The molecule has 170 valence electrons. The summed E-state index contributed by atoms with van der Waals surface area (Å²) in [4.78, 5) is 2.43. The van der Waals surface area contributed by atoms with Crippen LogP contribution in [0.5, 0.6) is 0 Å². The van der Waals surface area contributed by atoms with Gasteiger partial charge in [-0.05, 0) is 90.0 Å². The van der Waals surface area contributed by atoms with E-state index in [1.807, 2.05) is 0 Å². The Balaban J connectivity index is 1.48. The number of morpholine rings is 1. The van der Waals surface area contributed by atoms with Crippen molar-refractivity contribution in [1.82, 2.24) is 4.72 Å². The van der Waals surface area contributed by atoms with Gasteiger partial charge in [0.05, 0.1) is 17.5 Å². The quantitative estimate of drug-likeness (QED) is 0.677. The van der Waals surface area contributed by atoms with Gasteiger partial charge in [-0.3, -0.25) is 0 Å². The summed E-state index contributed by atoms with van der Waals surface area (Å²) in [6.45, 7) is 12.7. The molecule has 3 rings (SSSR count). The maximum Gasteiger partial charge on any atom is 0.214 e. The summed E-state index contributed by atoms with van der Waals surface area (Å²) in [6.07, 6.45) is 4.46. The molecule has 1 saturated carbocycles. The zero-order chi connectivity index (χ0) is 21.9. The average Bonchev–Trinajstić information content (AvgIpc) is 2.66. The molecule has 2 N–H and O–H groups in total. The summed E-state index contributed by atoms with van der Waals surface area (Å²) in [7, 11) is -3.17. The summed E-state index contributed by atoms with van der Waals surface area (Å²) in [5, 5.41) is 3.23. The van der Waals surface area contributed by atoms with Gasteiger partial charge in [0.1, 0.15) is 0 Å². The van der Waals surface area contributed by atoms with Crippen LogP contribution in [0, 0.1) is 12.8 Å². The Morgan fingerprint density at radius 3 is 2.30 bits per heavy atom. The second-order valence-electron chi connectivity index (χ2n) is 9.47. The van der Waals surface area contributed by atoms with E-state index in [0.29, 0.717) is 5.92 Å². The van der Waals surface area contributed by atoms with Gasteiger partial charge in [-0.15, -0.1) is 0 Å². The highest BCUT2D eigenvalue weighted by atomic mass is 32.2. The maximum atomic E-state index is 12.1. The molecule has 6 nitrogen and oxygen atoms in total. The van der Waals surface area contributed by atoms with E-state index < -0.39 is 10.0 Å². The summed E-state index contributed by atoms with van der Waals surface area (Å²) in [6, 6.07) is 6.73. The minimum Gasteiger partial charge on any atom is -0.385 e. The molecule has 0 aromatic heterocycles. The zero-order valence-corrected chi connectivity index (χ0v) is 20.0. The Morgan fingerprint density at radius 2 is 1.73 bits per heavy atom. The van der Waals surface area contributed by atoms with Crippen molar-refractivity contribution in [2.75, 3.05) is 29.9 Å². The number of rotatable bonds is 7. The van der Waals surface area contributed by atoms with E-state index in [4.69, 9.17) is 4.74 Å². The molecule has 7 heteroatoms. The van der Waals surface area contributed by atoms with E-state index >= 15 is 0 Å². The standard InChI is InChI=1S/C23H39N3O3S/c1-16(2)30(27,28)25-21-8-6-20(7-9-21)13-24-22-10-11-23(17(3)12-22)26-14-18(4)29-19(5)15-26/h10-12,16,18-21,24-25H,6-9,13-15H2,1-5H3/t18-,19+,20?,21?. The normalized spacial score (nSPS) is 28.0. The fourth-order valence-corrected chi connectivity index (χ4v) is 5.58. The Hall–Kier alpha value is -1.31. The van der Waals surface area contributed by atoms with Crippen molar-refractivity contribution in [2.45, 2.75) is 83.8 Å². The first kappa shape index (κ1) is 23.4. The third-order valence-electron chi connectivity index (χ3n) is 6.35. The Bertz CT molecular complexity index is 794. The summed E-state index contributed by atoms with van der Waals surface area (Å²) in [5.74, 6) is 0.589. The van der Waals surface area contributed by atoms with Crippen LogP contribution in [0.3, 0.4) is 0 Å². The molecule has 1 aromatic carbocycles. The third-order valence-corrected chi connectivity index (χ3v) is 8.25. The third kappa shape index (κ3) is 6.11. The molecular weight excluding hydrogens is 398 g/mol. The number of anilines is 2. The highest BCUT2D eigenvalue weighted by molar-refractivity contribution is 7.90. The van der Waals surface area contributed by atoms with Gasteiger partial charge in [0.25, 0.3) is 0 Å². The Kier molecular flexibility index (Phi) is 7.69. The van der Waals surface area contributed by atoms with Crippen molar-refractivity contribution >= 4 is 21.4 Å². The highest BCUT2D eigenvalue weighted by Crippen LogP contribution is 2.28. The van der Waals surface area contributed by atoms with E-state index in [1.165, 1.54) is 11.3 Å². The molecule has 0 amide bonds. The number of hydrogen-bond acceptors (Lipinski definition) is 5. The lowest BCUT2D eigenvalue weighted by Crippen LogP contribution is -2.45. The fraction of sp³-hybridized carbons (Fsp3) is 0.739. The molecule has 1 heterocycles. The van der Waals surface area contributed by atoms with Gasteiger partial charge < -0.3 is 15.0 Å². The molecule has 30 heavy (non-hydrogen) atoms. The molecule has 0 bridgehead atoms.